The van der Waals surface area contributed by atoms with Gasteiger partial charge in [-0.2, -0.15) is 0 Å². The van der Waals surface area contributed by atoms with Gasteiger partial charge in [-0.05, 0) is 31.5 Å². The van der Waals surface area contributed by atoms with Gasteiger partial charge in [0.1, 0.15) is 5.60 Å². The molecule has 19 heavy (non-hydrogen) atoms. The third-order valence-electron chi connectivity index (χ3n) is 3.07. The number of anilines is 1. The van der Waals surface area contributed by atoms with Crippen molar-refractivity contribution in [1.82, 2.24) is 0 Å². The van der Waals surface area contributed by atoms with E-state index in [9.17, 15) is 9.59 Å². The molecule has 1 amide bonds. The standard InChI is InChI=1S/C13H16ClNO4/c1-4-13(2,19-3)12(18)15-10-7-8(11(16)17)5-6-9(10)14/h5-7H,4H2,1-3H3,(H,15,18)(H,16,17). The number of aromatic carboxylic acids is 1. The van der Waals surface area contributed by atoms with Gasteiger partial charge < -0.3 is 15.2 Å². The summed E-state index contributed by atoms with van der Waals surface area (Å²) in [7, 11) is 1.44. The summed E-state index contributed by atoms with van der Waals surface area (Å²) < 4.78 is 5.17. The minimum Gasteiger partial charge on any atom is -0.478 e. The topological polar surface area (TPSA) is 75.6 Å². The van der Waals surface area contributed by atoms with Gasteiger partial charge in [-0.25, -0.2) is 4.79 Å². The average Bonchev–Trinajstić information content (AvgIpc) is 2.39. The van der Waals surface area contributed by atoms with Crippen LogP contribution in [0.4, 0.5) is 5.69 Å². The molecule has 5 nitrogen and oxygen atoms in total. The lowest BCUT2D eigenvalue weighted by atomic mass is 10.0. The van der Waals surface area contributed by atoms with E-state index in [1.54, 1.807) is 6.92 Å². The molecule has 104 valence electrons. The van der Waals surface area contributed by atoms with E-state index in [2.05, 4.69) is 5.32 Å². The van der Waals surface area contributed by atoms with Gasteiger partial charge in [-0.3, -0.25) is 4.79 Å². The summed E-state index contributed by atoms with van der Waals surface area (Å²) in [5.41, 5.74) is -0.679. The molecular formula is C13H16ClNO4. The molecule has 1 unspecified atom stereocenters. The molecule has 6 heteroatoms. The molecule has 1 rings (SSSR count). The summed E-state index contributed by atoms with van der Waals surface area (Å²) in [4.78, 5) is 23.0. The second-order valence-electron chi connectivity index (χ2n) is 4.24. The molecule has 0 aliphatic carbocycles. The summed E-state index contributed by atoms with van der Waals surface area (Å²) in [5.74, 6) is -1.46. The maximum Gasteiger partial charge on any atom is 0.335 e. The van der Waals surface area contributed by atoms with E-state index in [0.29, 0.717) is 6.42 Å². The van der Waals surface area contributed by atoms with Crippen LogP contribution in [0.5, 0.6) is 0 Å². The van der Waals surface area contributed by atoms with Gasteiger partial charge in [0.25, 0.3) is 5.91 Å². The average molecular weight is 286 g/mol. The minimum atomic E-state index is -1.09. The lowest BCUT2D eigenvalue weighted by Crippen LogP contribution is -2.41. The van der Waals surface area contributed by atoms with Crippen LogP contribution in [-0.2, 0) is 9.53 Å². The van der Waals surface area contributed by atoms with Crippen molar-refractivity contribution in [1.29, 1.82) is 0 Å². The largest absolute Gasteiger partial charge is 0.478 e. The molecule has 0 spiro atoms. The number of hydrogen-bond donors (Lipinski definition) is 2. The number of carbonyl (C=O) groups excluding carboxylic acids is 1. The zero-order valence-corrected chi connectivity index (χ0v) is 11.7. The molecule has 0 radical (unpaired) electrons. The van der Waals surface area contributed by atoms with Gasteiger partial charge in [0, 0.05) is 7.11 Å². The summed E-state index contributed by atoms with van der Waals surface area (Å²) in [6.45, 7) is 3.47. The second-order valence-corrected chi connectivity index (χ2v) is 4.65. The fraction of sp³-hybridized carbons (Fsp3) is 0.385. The predicted octanol–water partition coefficient (Wildman–Crippen LogP) is 2.79. The molecule has 0 saturated heterocycles. The number of carboxylic acid groups (broad SMARTS) is 1. The molecule has 1 atom stereocenters. The fourth-order valence-electron chi connectivity index (χ4n) is 1.41. The zero-order chi connectivity index (χ0) is 14.6. The molecule has 0 saturated carbocycles. The van der Waals surface area contributed by atoms with Crippen molar-refractivity contribution in [3.63, 3.8) is 0 Å². The summed E-state index contributed by atoms with van der Waals surface area (Å²) in [5, 5.41) is 11.8. The van der Waals surface area contributed by atoms with Crippen LogP contribution in [0.2, 0.25) is 5.02 Å². The van der Waals surface area contributed by atoms with Crippen LogP contribution in [0.15, 0.2) is 18.2 Å². The Labute approximate surface area is 116 Å². The van der Waals surface area contributed by atoms with Crippen molar-refractivity contribution < 1.29 is 19.4 Å². The highest BCUT2D eigenvalue weighted by Gasteiger charge is 2.31. The van der Waals surface area contributed by atoms with Crippen LogP contribution in [0, 0.1) is 0 Å². The molecule has 0 aliphatic heterocycles. The third kappa shape index (κ3) is 3.45. The van der Waals surface area contributed by atoms with Gasteiger partial charge in [-0.15, -0.1) is 0 Å². The quantitative estimate of drug-likeness (QED) is 0.872. The summed E-state index contributed by atoms with van der Waals surface area (Å²) in [6.07, 6.45) is 0.478. The zero-order valence-electron chi connectivity index (χ0n) is 11.0. The Morgan fingerprint density at radius 2 is 2.11 bits per heavy atom. The van der Waals surface area contributed by atoms with Crippen LogP contribution < -0.4 is 5.32 Å². The van der Waals surface area contributed by atoms with Crippen molar-refractivity contribution in [3.8, 4) is 0 Å². The number of rotatable bonds is 5. The lowest BCUT2D eigenvalue weighted by molar-refractivity contribution is -0.136. The van der Waals surface area contributed by atoms with Gasteiger partial charge >= 0.3 is 5.97 Å². The highest BCUT2D eigenvalue weighted by Crippen LogP contribution is 2.25. The molecule has 0 fully saturated rings. The Hall–Kier alpha value is -1.59. The van der Waals surface area contributed by atoms with E-state index < -0.39 is 11.6 Å². The lowest BCUT2D eigenvalue weighted by Gasteiger charge is -2.25. The van der Waals surface area contributed by atoms with Crippen LogP contribution in [0.25, 0.3) is 0 Å². The van der Waals surface area contributed by atoms with Crippen LogP contribution >= 0.6 is 11.6 Å². The summed E-state index contributed by atoms with van der Waals surface area (Å²) in [6, 6.07) is 4.11. The monoisotopic (exact) mass is 285 g/mol. The van der Waals surface area contributed by atoms with Gasteiger partial charge in [0.15, 0.2) is 0 Å². The number of nitrogens with one attached hydrogen (secondary N) is 1. The SMILES string of the molecule is CCC(C)(OC)C(=O)Nc1cc(C(=O)O)ccc1Cl. The van der Waals surface area contributed by atoms with E-state index in [1.807, 2.05) is 6.92 Å². The molecule has 0 aromatic heterocycles. The van der Waals surface area contributed by atoms with Crippen LogP contribution in [0.3, 0.4) is 0 Å². The Morgan fingerprint density at radius 1 is 1.47 bits per heavy atom. The van der Waals surface area contributed by atoms with Crippen LogP contribution in [-0.4, -0.2) is 29.7 Å². The van der Waals surface area contributed by atoms with E-state index >= 15 is 0 Å². The first-order valence-corrected chi connectivity index (χ1v) is 6.11. The molecule has 1 aromatic carbocycles. The number of carboxylic acids is 1. The fourth-order valence-corrected chi connectivity index (χ4v) is 1.57. The smallest absolute Gasteiger partial charge is 0.335 e. The normalized spacial score (nSPS) is 13.7. The Bertz CT molecular complexity index is 497. The van der Waals surface area contributed by atoms with Crippen molar-refractivity contribution in [2.24, 2.45) is 0 Å². The molecule has 0 bridgehead atoms. The van der Waals surface area contributed by atoms with E-state index in [4.69, 9.17) is 21.4 Å². The first kappa shape index (κ1) is 15.5. The molecule has 0 aliphatic rings. The number of methoxy groups -OCH3 is 1. The van der Waals surface area contributed by atoms with Gasteiger partial charge in [0.05, 0.1) is 16.3 Å². The number of halogens is 1. The number of amides is 1. The van der Waals surface area contributed by atoms with Crippen LogP contribution in [0.1, 0.15) is 30.6 Å². The molecular weight excluding hydrogens is 270 g/mol. The van der Waals surface area contributed by atoms with Crippen molar-refractivity contribution in [3.05, 3.63) is 28.8 Å². The summed E-state index contributed by atoms with van der Waals surface area (Å²) >= 11 is 5.93. The van der Waals surface area contributed by atoms with E-state index in [-0.39, 0.29) is 22.2 Å². The first-order chi connectivity index (χ1) is 8.84. The van der Waals surface area contributed by atoms with Crippen molar-refractivity contribution >= 4 is 29.2 Å². The Kier molecular flexibility index (Phi) is 4.91. The molecule has 0 heterocycles. The molecule has 2 N–H and O–H groups in total. The van der Waals surface area contributed by atoms with Gasteiger partial charge in [-0.1, -0.05) is 18.5 Å². The van der Waals surface area contributed by atoms with E-state index in [0.717, 1.165) is 0 Å². The second kappa shape index (κ2) is 6.04. The predicted molar refractivity (Wildman–Crippen MR) is 72.7 cm³/mol. The van der Waals surface area contributed by atoms with Crippen molar-refractivity contribution in [2.75, 3.05) is 12.4 Å². The maximum absolute atomic E-state index is 12.1. The highest BCUT2D eigenvalue weighted by molar-refractivity contribution is 6.34. The van der Waals surface area contributed by atoms with Gasteiger partial charge in [0.2, 0.25) is 0 Å². The number of ether oxygens (including phenoxy) is 1. The van der Waals surface area contributed by atoms with E-state index in [1.165, 1.54) is 25.3 Å². The van der Waals surface area contributed by atoms with Crippen molar-refractivity contribution in [2.45, 2.75) is 25.9 Å². The Balaban J connectivity index is 3.02. The number of hydrogen-bond acceptors (Lipinski definition) is 3. The molecule has 1 aromatic rings. The minimum absolute atomic E-state index is 0.0512. The first-order valence-electron chi connectivity index (χ1n) is 5.73. The Morgan fingerprint density at radius 3 is 2.58 bits per heavy atom. The highest BCUT2D eigenvalue weighted by atomic mass is 35.5. The number of carbonyl (C=O) groups is 2. The maximum atomic E-state index is 12.1. The third-order valence-corrected chi connectivity index (χ3v) is 3.40. The number of benzene rings is 1.